The van der Waals surface area contributed by atoms with Crippen LogP contribution in [0.2, 0.25) is 0 Å². The maximum atomic E-state index is 6.31. The second-order valence-corrected chi connectivity index (χ2v) is 10.9. The van der Waals surface area contributed by atoms with Crippen molar-refractivity contribution in [2.24, 2.45) is 0 Å². The molecule has 0 saturated heterocycles. The monoisotopic (exact) mass is 520 g/mol. The molecule has 0 N–H and O–H groups in total. The molecule has 0 aromatic heterocycles. The molecule has 0 bridgehead atoms. The van der Waals surface area contributed by atoms with Crippen LogP contribution >= 0.6 is 0 Å². The van der Waals surface area contributed by atoms with Crippen LogP contribution in [0, 0.1) is 0 Å². The van der Waals surface area contributed by atoms with Crippen molar-refractivity contribution in [2.45, 2.75) is 0 Å². The second kappa shape index (κ2) is 8.55. The third kappa shape index (κ3) is 3.30. The summed E-state index contributed by atoms with van der Waals surface area (Å²) < 4.78 is 6.31. The van der Waals surface area contributed by atoms with Crippen molar-refractivity contribution in [1.29, 1.82) is 0 Å². The van der Waals surface area contributed by atoms with E-state index in [0.717, 1.165) is 17.1 Å². The normalized spacial score (nSPS) is 12.1. The number of para-hydroxylation sites is 1. The first-order valence-corrected chi connectivity index (χ1v) is 14.1. The average Bonchev–Trinajstić information content (AvgIpc) is 3.05. The SMILES string of the molecule is c1ccc2c(c1)Oc1ccc(-c3ccc(-c4ccc5c6ccccc6c6ccccc6c5c4)cc3)c3cccc-2c13. The minimum absolute atomic E-state index is 0.917. The van der Waals surface area contributed by atoms with Crippen molar-refractivity contribution in [3.8, 4) is 44.9 Å². The van der Waals surface area contributed by atoms with Crippen LogP contribution in [-0.4, -0.2) is 0 Å². The van der Waals surface area contributed by atoms with E-state index in [4.69, 9.17) is 4.74 Å². The predicted octanol–water partition coefficient (Wildman–Crippen LogP) is 11.4. The number of rotatable bonds is 2. The van der Waals surface area contributed by atoms with Crippen molar-refractivity contribution in [3.63, 3.8) is 0 Å². The summed E-state index contributed by atoms with van der Waals surface area (Å²) in [6.45, 7) is 0. The highest BCUT2D eigenvalue weighted by atomic mass is 16.5. The number of fused-ring (bicyclic) bond motifs is 8. The Labute approximate surface area is 237 Å². The van der Waals surface area contributed by atoms with Crippen LogP contribution in [0.1, 0.15) is 0 Å². The molecular weight excluding hydrogens is 496 g/mol. The zero-order chi connectivity index (χ0) is 26.9. The van der Waals surface area contributed by atoms with Gasteiger partial charge in [-0.15, -0.1) is 0 Å². The van der Waals surface area contributed by atoms with E-state index in [2.05, 4.69) is 133 Å². The first-order chi connectivity index (χ1) is 20.3. The molecule has 0 atom stereocenters. The van der Waals surface area contributed by atoms with E-state index in [0.29, 0.717) is 0 Å². The minimum atomic E-state index is 0.917. The lowest BCUT2D eigenvalue weighted by molar-refractivity contribution is 0.487. The maximum Gasteiger partial charge on any atom is 0.135 e. The van der Waals surface area contributed by atoms with Crippen LogP contribution in [0.15, 0.2) is 146 Å². The lowest BCUT2D eigenvalue weighted by Gasteiger charge is -2.22. The minimum Gasteiger partial charge on any atom is -0.456 e. The number of benzene rings is 8. The lowest BCUT2D eigenvalue weighted by Crippen LogP contribution is -1.97. The van der Waals surface area contributed by atoms with Gasteiger partial charge in [-0.05, 0) is 83.7 Å². The highest BCUT2D eigenvalue weighted by molar-refractivity contribution is 6.25. The predicted molar refractivity (Wildman–Crippen MR) is 173 cm³/mol. The summed E-state index contributed by atoms with van der Waals surface area (Å²) in [4.78, 5) is 0. The van der Waals surface area contributed by atoms with Gasteiger partial charge in [0, 0.05) is 10.9 Å². The Morgan fingerprint density at radius 1 is 0.293 bits per heavy atom. The molecule has 1 aliphatic heterocycles. The summed E-state index contributed by atoms with van der Waals surface area (Å²) in [5.41, 5.74) is 7.24. The Morgan fingerprint density at radius 3 is 1.61 bits per heavy atom. The van der Waals surface area contributed by atoms with Crippen LogP contribution in [-0.2, 0) is 0 Å². The van der Waals surface area contributed by atoms with E-state index < -0.39 is 0 Å². The molecule has 0 saturated carbocycles. The molecule has 0 unspecified atom stereocenters. The van der Waals surface area contributed by atoms with Crippen molar-refractivity contribution < 1.29 is 4.74 Å². The van der Waals surface area contributed by atoms with Crippen molar-refractivity contribution in [3.05, 3.63) is 146 Å². The van der Waals surface area contributed by atoms with Gasteiger partial charge < -0.3 is 4.74 Å². The van der Waals surface area contributed by atoms with Crippen molar-refractivity contribution >= 4 is 43.1 Å². The summed E-state index contributed by atoms with van der Waals surface area (Å²) in [7, 11) is 0. The summed E-state index contributed by atoms with van der Waals surface area (Å²) >= 11 is 0. The fourth-order valence-corrected chi connectivity index (χ4v) is 6.76. The molecule has 41 heavy (non-hydrogen) atoms. The molecule has 0 amide bonds. The number of hydrogen-bond acceptors (Lipinski definition) is 1. The van der Waals surface area contributed by atoms with E-state index in [1.165, 1.54) is 70.9 Å². The Hall–Kier alpha value is -5.40. The first-order valence-electron chi connectivity index (χ1n) is 14.1. The third-order valence-electron chi connectivity index (χ3n) is 8.67. The lowest BCUT2D eigenvalue weighted by atomic mass is 9.89. The van der Waals surface area contributed by atoms with Gasteiger partial charge in [0.15, 0.2) is 0 Å². The topological polar surface area (TPSA) is 9.23 Å². The standard InChI is InChI=1S/C40H24O/c1-2-10-31-29(8-1)30-9-3-4-11-32(30)37-24-27(20-21-33(31)37)25-16-18-26(19-17-25)28-22-23-39-40-35(28)13-7-14-36(40)34-12-5-6-15-38(34)41-39/h1-24H. The highest BCUT2D eigenvalue weighted by Gasteiger charge is 2.21. The van der Waals surface area contributed by atoms with Crippen molar-refractivity contribution in [1.82, 2.24) is 0 Å². The Kier molecular flexibility index (Phi) is 4.67. The molecule has 8 aromatic rings. The van der Waals surface area contributed by atoms with Gasteiger partial charge in [-0.2, -0.15) is 0 Å². The van der Waals surface area contributed by atoms with Crippen LogP contribution in [0.25, 0.3) is 76.5 Å². The van der Waals surface area contributed by atoms with Crippen LogP contribution in [0.4, 0.5) is 0 Å². The van der Waals surface area contributed by atoms with Gasteiger partial charge in [0.25, 0.3) is 0 Å². The molecular formula is C40H24O. The summed E-state index contributed by atoms with van der Waals surface area (Å²) in [5, 5.41) is 10.2. The second-order valence-electron chi connectivity index (χ2n) is 10.9. The molecule has 8 aromatic carbocycles. The zero-order valence-corrected chi connectivity index (χ0v) is 22.3. The van der Waals surface area contributed by atoms with E-state index >= 15 is 0 Å². The van der Waals surface area contributed by atoms with E-state index in [-0.39, 0.29) is 0 Å². The molecule has 0 radical (unpaired) electrons. The van der Waals surface area contributed by atoms with Gasteiger partial charge >= 0.3 is 0 Å². The maximum absolute atomic E-state index is 6.31. The quantitative estimate of drug-likeness (QED) is 0.206. The Bertz CT molecular complexity index is 2290. The summed E-state index contributed by atoms with van der Waals surface area (Å²) in [5.74, 6) is 1.84. The summed E-state index contributed by atoms with van der Waals surface area (Å²) in [6.07, 6.45) is 0. The van der Waals surface area contributed by atoms with Gasteiger partial charge in [-0.25, -0.2) is 0 Å². The fourth-order valence-electron chi connectivity index (χ4n) is 6.76. The largest absolute Gasteiger partial charge is 0.456 e. The molecule has 1 aliphatic rings. The third-order valence-corrected chi connectivity index (χ3v) is 8.67. The van der Waals surface area contributed by atoms with Gasteiger partial charge in [0.1, 0.15) is 11.5 Å². The molecule has 190 valence electrons. The molecule has 0 fully saturated rings. The Morgan fingerprint density at radius 2 is 0.854 bits per heavy atom. The number of ether oxygens (including phenoxy) is 1. The van der Waals surface area contributed by atoms with E-state index in [1.54, 1.807) is 0 Å². The molecule has 0 spiro atoms. The van der Waals surface area contributed by atoms with Crippen molar-refractivity contribution in [2.75, 3.05) is 0 Å². The molecule has 1 heterocycles. The van der Waals surface area contributed by atoms with E-state index in [9.17, 15) is 0 Å². The van der Waals surface area contributed by atoms with Crippen LogP contribution < -0.4 is 4.74 Å². The van der Waals surface area contributed by atoms with Gasteiger partial charge in [-0.3, -0.25) is 0 Å². The first kappa shape index (κ1) is 22.4. The molecule has 1 nitrogen and oxygen atoms in total. The molecule has 9 rings (SSSR count). The average molecular weight is 521 g/mol. The number of hydrogen-bond donors (Lipinski definition) is 0. The highest BCUT2D eigenvalue weighted by Crippen LogP contribution is 2.48. The molecule has 1 heteroatoms. The summed E-state index contributed by atoms with van der Waals surface area (Å²) in [6, 6.07) is 52.6. The fraction of sp³-hybridized carbons (Fsp3) is 0. The van der Waals surface area contributed by atoms with Crippen LogP contribution in [0.3, 0.4) is 0 Å². The van der Waals surface area contributed by atoms with Crippen LogP contribution in [0.5, 0.6) is 11.5 Å². The smallest absolute Gasteiger partial charge is 0.135 e. The zero-order valence-electron chi connectivity index (χ0n) is 22.3. The molecule has 0 aliphatic carbocycles. The van der Waals surface area contributed by atoms with E-state index in [1.807, 2.05) is 12.1 Å². The van der Waals surface area contributed by atoms with Gasteiger partial charge in [0.2, 0.25) is 0 Å². The van der Waals surface area contributed by atoms with Gasteiger partial charge in [-0.1, -0.05) is 127 Å². The van der Waals surface area contributed by atoms with Gasteiger partial charge in [0.05, 0.1) is 0 Å². The Balaban J connectivity index is 1.17.